The van der Waals surface area contributed by atoms with Crippen molar-refractivity contribution in [1.82, 2.24) is 5.32 Å². The second-order valence-electron chi connectivity index (χ2n) is 6.58. The molecule has 2 nitrogen and oxygen atoms in total. The number of likely N-dealkylation sites (N-methyl/N-ethyl adjacent to an activating group) is 1. The van der Waals surface area contributed by atoms with Gasteiger partial charge in [-0.2, -0.15) is 0 Å². The third-order valence-corrected chi connectivity index (χ3v) is 4.82. The molecule has 0 aromatic heterocycles. The van der Waals surface area contributed by atoms with Crippen molar-refractivity contribution in [2.75, 3.05) is 13.7 Å². The third kappa shape index (κ3) is 4.08. The normalized spacial score (nSPS) is 21.1. The zero-order chi connectivity index (χ0) is 15.2. The van der Waals surface area contributed by atoms with Gasteiger partial charge >= 0.3 is 0 Å². The van der Waals surface area contributed by atoms with E-state index in [1.54, 1.807) is 11.1 Å². The van der Waals surface area contributed by atoms with Crippen LogP contribution in [0.1, 0.15) is 57.1 Å². The van der Waals surface area contributed by atoms with E-state index >= 15 is 0 Å². The summed E-state index contributed by atoms with van der Waals surface area (Å²) in [6.07, 6.45) is 5.35. The summed E-state index contributed by atoms with van der Waals surface area (Å²) in [6, 6.07) is 9.43. The van der Waals surface area contributed by atoms with Gasteiger partial charge in [0.2, 0.25) is 0 Å². The molecule has 0 fully saturated rings. The molecule has 1 aliphatic carbocycles. The summed E-state index contributed by atoms with van der Waals surface area (Å²) >= 11 is 0. The highest BCUT2D eigenvalue weighted by Gasteiger charge is 2.29. The van der Waals surface area contributed by atoms with Crippen LogP contribution in [0.3, 0.4) is 0 Å². The number of nitrogens with one attached hydrogen (secondary N) is 1. The highest BCUT2D eigenvalue weighted by Crippen LogP contribution is 2.35. The lowest BCUT2D eigenvalue weighted by atomic mass is 9.78. The molecular formula is C19H31NO. The van der Waals surface area contributed by atoms with Crippen LogP contribution < -0.4 is 5.32 Å². The van der Waals surface area contributed by atoms with Crippen LogP contribution in [0.15, 0.2) is 24.3 Å². The molecule has 0 aliphatic heterocycles. The maximum absolute atomic E-state index is 6.02. The molecule has 1 N–H and O–H groups in total. The molecule has 0 saturated heterocycles. The maximum atomic E-state index is 6.02. The van der Waals surface area contributed by atoms with E-state index in [9.17, 15) is 0 Å². The van der Waals surface area contributed by atoms with Crippen molar-refractivity contribution >= 4 is 0 Å². The molecule has 0 amide bonds. The summed E-state index contributed by atoms with van der Waals surface area (Å²) in [6.45, 7) is 7.42. The predicted molar refractivity (Wildman–Crippen MR) is 89.8 cm³/mol. The van der Waals surface area contributed by atoms with Gasteiger partial charge in [0, 0.05) is 12.6 Å². The van der Waals surface area contributed by atoms with Gasteiger partial charge in [0.25, 0.3) is 0 Å². The van der Waals surface area contributed by atoms with Crippen LogP contribution in [-0.2, 0) is 11.2 Å². The van der Waals surface area contributed by atoms with Crippen LogP contribution >= 0.6 is 0 Å². The van der Waals surface area contributed by atoms with Crippen LogP contribution in [-0.4, -0.2) is 25.8 Å². The Morgan fingerprint density at radius 3 is 2.71 bits per heavy atom. The van der Waals surface area contributed by atoms with Crippen LogP contribution in [0.5, 0.6) is 0 Å². The van der Waals surface area contributed by atoms with Crippen molar-refractivity contribution in [1.29, 1.82) is 0 Å². The number of aryl methyl sites for hydroxylation is 1. The second kappa shape index (κ2) is 7.95. The van der Waals surface area contributed by atoms with Crippen molar-refractivity contribution < 1.29 is 4.74 Å². The van der Waals surface area contributed by atoms with Crippen LogP contribution in [0.4, 0.5) is 0 Å². The predicted octanol–water partition coefficient (Wildman–Crippen LogP) is 4.15. The van der Waals surface area contributed by atoms with E-state index in [4.69, 9.17) is 4.74 Å². The van der Waals surface area contributed by atoms with E-state index in [0.717, 1.165) is 6.61 Å². The van der Waals surface area contributed by atoms with E-state index in [1.807, 2.05) is 0 Å². The molecule has 0 saturated carbocycles. The summed E-state index contributed by atoms with van der Waals surface area (Å²) < 4.78 is 6.02. The first-order valence-corrected chi connectivity index (χ1v) is 8.54. The average molecular weight is 289 g/mol. The quantitative estimate of drug-likeness (QED) is 0.814. The minimum atomic E-state index is 0.300. The topological polar surface area (TPSA) is 21.3 Å². The molecule has 21 heavy (non-hydrogen) atoms. The minimum absolute atomic E-state index is 0.300. The Kier molecular flexibility index (Phi) is 6.25. The van der Waals surface area contributed by atoms with E-state index in [2.05, 4.69) is 57.4 Å². The number of benzene rings is 1. The molecular weight excluding hydrogens is 258 g/mol. The molecule has 118 valence electrons. The summed E-state index contributed by atoms with van der Waals surface area (Å²) in [5.41, 5.74) is 3.13. The summed E-state index contributed by atoms with van der Waals surface area (Å²) in [5.74, 6) is 1.22. The lowest BCUT2D eigenvalue weighted by Crippen LogP contribution is -2.43. The molecule has 0 heterocycles. The smallest absolute Gasteiger partial charge is 0.0750 e. The molecule has 2 heteroatoms. The molecule has 3 unspecified atom stereocenters. The van der Waals surface area contributed by atoms with Crippen LogP contribution in [0, 0.1) is 5.92 Å². The fourth-order valence-corrected chi connectivity index (χ4v) is 3.79. The SMILES string of the molecule is CCOC(C(C)C)C(CC1CCCc2ccccc21)NC. The lowest BCUT2D eigenvalue weighted by Gasteiger charge is -2.34. The monoisotopic (exact) mass is 289 g/mol. The fraction of sp³-hybridized carbons (Fsp3) is 0.684. The van der Waals surface area contributed by atoms with E-state index < -0.39 is 0 Å². The van der Waals surface area contributed by atoms with Crippen molar-refractivity contribution in [2.24, 2.45) is 5.92 Å². The molecule has 0 radical (unpaired) electrons. The van der Waals surface area contributed by atoms with Crippen molar-refractivity contribution in [3.05, 3.63) is 35.4 Å². The van der Waals surface area contributed by atoms with Gasteiger partial charge in [-0.15, -0.1) is 0 Å². The Morgan fingerprint density at radius 1 is 1.29 bits per heavy atom. The number of hydrogen-bond donors (Lipinski definition) is 1. The van der Waals surface area contributed by atoms with Gasteiger partial charge in [0.15, 0.2) is 0 Å². The van der Waals surface area contributed by atoms with Gasteiger partial charge in [-0.25, -0.2) is 0 Å². The van der Waals surface area contributed by atoms with Gasteiger partial charge in [-0.05, 0) is 62.6 Å². The highest BCUT2D eigenvalue weighted by molar-refractivity contribution is 5.32. The Balaban J connectivity index is 2.12. The first kappa shape index (κ1) is 16.5. The van der Waals surface area contributed by atoms with E-state index in [1.165, 1.54) is 25.7 Å². The number of hydrogen-bond acceptors (Lipinski definition) is 2. The largest absolute Gasteiger partial charge is 0.377 e. The van der Waals surface area contributed by atoms with Crippen molar-refractivity contribution in [3.8, 4) is 0 Å². The molecule has 1 aromatic carbocycles. The van der Waals surface area contributed by atoms with Crippen LogP contribution in [0.2, 0.25) is 0 Å². The molecule has 0 spiro atoms. The third-order valence-electron chi connectivity index (χ3n) is 4.82. The lowest BCUT2D eigenvalue weighted by molar-refractivity contribution is 0.00127. The first-order chi connectivity index (χ1) is 10.2. The molecule has 2 rings (SSSR count). The Hall–Kier alpha value is -0.860. The summed E-state index contributed by atoms with van der Waals surface area (Å²) in [7, 11) is 2.08. The zero-order valence-corrected chi connectivity index (χ0v) is 14.1. The zero-order valence-electron chi connectivity index (χ0n) is 14.1. The standard InChI is InChI=1S/C19H31NO/c1-5-21-19(14(2)3)18(20-4)13-16-11-8-10-15-9-6-7-12-17(15)16/h6-7,9,12,14,16,18-20H,5,8,10-11,13H2,1-4H3. The Morgan fingerprint density at radius 2 is 2.05 bits per heavy atom. The van der Waals surface area contributed by atoms with Gasteiger partial charge in [0.05, 0.1) is 6.10 Å². The molecule has 3 atom stereocenters. The Labute approximate surface area is 130 Å². The molecule has 1 aromatic rings. The average Bonchev–Trinajstić information content (AvgIpc) is 2.50. The van der Waals surface area contributed by atoms with Gasteiger partial charge in [-0.3, -0.25) is 0 Å². The number of fused-ring (bicyclic) bond motifs is 1. The van der Waals surface area contributed by atoms with Gasteiger partial charge in [-0.1, -0.05) is 38.1 Å². The minimum Gasteiger partial charge on any atom is -0.377 e. The number of ether oxygens (including phenoxy) is 1. The van der Waals surface area contributed by atoms with E-state index in [0.29, 0.717) is 24.0 Å². The van der Waals surface area contributed by atoms with Crippen molar-refractivity contribution in [2.45, 2.75) is 64.5 Å². The van der Waals surface area contributed by atoms with Gasteiger partial charge in [0.1, 0.15) is 0 Å². The summed E-state index contributed by atoms with van der Waals surface area (Å²) in [5, 5.41) is 3.52. The van der Waals surface area contributed by atoms with Crippen LogP contribution in [0.25, 0.3) is 0 Å². The maximum Gasteiger partial charge on any atom is 0.0750 e. The second-order valence-corrected chi connectivity index (χ2v) is 6.58. The Bertz CT molecular complexity index is 429. The van der Waals surface area contributed by atoms with Crippen molar-refractivity contribution in [3.63, 3.8) is 0 Å². The number of rotatable bonds is 7. The fourth-order valence-electron chi connectivity index (χ4n) is 3.79. The first-order valence-electron chi connectivity index (χ1n) is 8.54. The highest BCUT2D eigenvalue weighted by atomic mass is 16.5. The summed E-state index contributed by atoms with van der Waals surface area (Å²) in [4.78, 5) is 0. The molecule has 1 aliphatic rings. The van der Waals surface area contributed by atoms with E-state index in [-0.39, 0.29) is 0 Å². The molecule has 0 bridgehead atoms. The van der Waals surface area contributed by atoms with Gasteiger partial charge < -0.3 is 10.1 Å².